The minimum atomic E-state index is -0.980. The van der Waals surface area contributed by atoms with E-state index >= 15 is 0 Å². The van der Waals surface area contributed by atoms with E-state index < -0.39 is 5.97 Å². The molecule has 0 radical (unpaired) electrons. The zero-order valence-corrected chi connectivity index (χ0v) is 10.7. The van der Waals surface area contributed by atoms with Crippen LogP contribution >= 0.6 is 0 Å². The van der Waals surface area contributed by atoms with Crippen molar-refractivity contribution in [1.82, 2.24) is 25.2 Å². The van der Waals surface area contributed by atoms with Gasteiger partial charge < -0.3 is 15.3 Å². The highest BCUT2D eigenvalue weighted by Crippen LogP contribution is 2.15. The number of aliphatic carboxylic acids is 1. The molecule has 8 nitrogen and oxygen atoms in total. The van der Waals surface area contributed by atoms with E-state index in [1.807, 2.05) is 6.92 Å². The van der Waals surface area contributed by atoms with Crippen molar-refractivity contribution in [3.8, 4) is 0 Å². The molecule has 19 heavy (non-hydrogen) atoms. The lowest BCUT2D eigenvalue weighted by Gasteiger charge is -2.21. The van der Waals surface area contributed by atoms with Crippen LogP contribution in [0.3, 0.4) is 0 Å². The van der Waals surface area contributed by atoms with Gasteiger partial charge in [0.1, 0.15) is 12.2 Å². The predicted octanol–water partition coefficient (Wildman–Crippen LogP) is 0.0566. The monoisotopic (exact) mass is 267 g/mol. The molecule has 2 heterocycles. The normalized spacial score (nSPS) is 18.6. The number of rotatable bonds is 4. The van der Waals surface area contributed by atoms with Crippen LogP contribution in [0.1, 0.15) is 25.5 Å². The first-order chi connectivity index (χ1) is 9.06. The second-order valence-electron chi connectivity index (χ2n) is 4.64. The molecular weight excluding hydrogens is 250 g/mol. The fourth-order valence-corrected chi connectivity index (χ4v) is 2.14. The number of aromatic nitrogens is 3. The lowest BCUT2D eigenvalue weighted by Crippen LogP contribution is -2.41. The highest BCUT2D eigenvalue weighted by molar-refractivity contribution is 5.74. The van der Waals surface area contributed by atoms with E-state index in [2.05, 4.69) is 15.6 Å². The first-order valence-corrected chi connectivity index (χ1v) is 6.21. The predicted molar refractivity (Wildman–Crippen MR) is 65.3 cm³/mol. The Morgan fingerprint density at radius 1 is 1.58 bits per heavy atom. The highest BCUT2D eigenvalue weighted by atomic mass is 16.4. The van der Waals surface area contributed by atoms with Crippen LogP contribution in [-0.2, 0) is 17.9 Å². The molecule has 2 rings (SSSR count). The molecule has 8 heteroatoms. The SMILES string of the molecule is CC1CCCN1C(=O)NCc1cn(CC(=O)O)nn1. The Labute approximate surface area is 110 Å². The summed E-state index contributed by atoms with van der Waals surface area (Å²) < 4.78 is 1.22. The molecule has 1 atom stereocenters. The molecule has 1 unspecified atom stereocenters. The second kappa shape index (κ2) is 5.68. The van der Waals surface area contributed by atoms with E-state index in [1.165, 1.54) is 10.9 Å². The maximum absolute atomic E-state index is 11.9. The number of carbonyl (C=O) groups excluding carboxylic acids is 1. The molecule has 0 aromatic carbocycles. The lowest BCUT2D eigenvalue weighted by atomic mass is 10.2. The van der Waals surface area contributed by atoms with Gasteiger partial charge in [-0.25, -0.2) is 9.48 Å². The molecule has 0 saturated carbocycles. The number of amides is 2. The Bertz CT molecular complexity index is 473. The van der Waals surface area contributed by atoms with Gasteiger partial charge in [0.15, 0.2) is 0 Å². The van der Waals surface area contributed by atoms with Gasteiger partial charge >= 0.3 is 12.0 Å². The van der Waals surface area contributed by atoms with Crippen molar-refractivity contribution in [2.75, 3.05) is 6.54 Å². The van der Waals surface area contributed by atoms with E-state index in [0.29, 0.717) is 5.69 Å². The summed E-state index contributed by atoms with van der Waals surface area (Å²) in [4.78, 5) is 24.2. The van der Waals surface area contributed by atoms with Crippen LogP contribution in [0.15, 0.2) is 6.20 Å². The zero-order chi connectivity index (χ0) is 13.8. The standard InChI is InChI=1S/C11H17N5O3/c1-8-3-2-4-16(8)11(19)12-5-9-6-15(14-13-9)7-10(17)18/h6,8H,2-5,7H2,1H3,(H,12,19)(H,17,18). The number of carboxylic acids is 1. The Morgan fingerprint density at radius 3 is 3.00 bits per heavy atom. The number of carboxylic acid groups (broad SMARTS) is 1. The van der Waals surface area contributed by atoms with Crippen LogP contribution in [0.4, 0.5) is 4.79 Å². The summed E-state index contributed by atoms with van der Waals surface area (Å²) in [6.07, 6.45) is 3.58. The fourth-order valence-electron chi connectivity index (χ4n) is 2.14. The third kappa shape index (κ3) is 3.43. The van der Waals surface area contributed by atoms with E-state index in [0.717, 1.165) is 19.4 Å². The van der Waals surface area contributed by atoms with Gasteiger partial charge in [0.25, 0.3) is 0 Å². The van der Waals surface area contributed by atoms with E-state index in [9.17, 15) is 9.59 Å². The number of urea groups is 1. The third-order valence-corrected chi connectivity index (χ3v) is 3.12. The summed E-state index contributed by atoms with van der Waals surface area (Å²) >= 11 is 0. The maximum atomic E-state index is 11.9. The molecule has 0 aliphatic carbocycles. The largest absolute Gasteiger partial charge is 0.480 e. The van der Waals surface area contributed by atoms with Gasteiger partial charge in [-0.1, -0.05) is 5.21 Å². The van der Waals surface area contributed by atoms with Crippen LogP contribution in [0, 0.1) is 0 Å². The number of likely N-dealkylation sites (tertiary alicyclic amines) is 1. The first-order valence-electron chi connectivity index (χ1n) is 6.21. The molecule has 0 spiro atoms. The Morgan fingerprint density at radius 2 is 2.37 bits per heavy atom. The van der Waals surface area contributed by atoms with E-state index in [-0.39, 0.29) is 25.2 Å². The van der Waals surface area contributed by atoms with Crippen molar-refractivity contribution in [1.29, 1.82) is 0 Å². The summed E-state index contributed by atoms with van der Waals surface area (Å²) in [6.45, 7) is 2.82. The van der Waals surface area contributed by atoms with Gasteiger partial charge in [-0.05, 0) is 19.8 Å². The lowest BCUT2D eigenvalue weighted by molar-refractivity contribution is -0.137. The smallest absolute Gasteiger partial charge is 0.325 e. The minimum absolute atomic E-state index is 0.113. The Balaban J connectivity index is 1.83. The number of nitrogens with one attached hydrogen (secondary N) is 1. The summed E-state index contributed by atoms with van der Waals surface area (Å²) in [6, 6.07) is 0.153. The van der Waals surface area contributed by atoms with E-state index in [4.69, 9.17) is 5.11 Å². The van der Waals surface area contributed by atoms with E-state index in [1.54, 1.807) is 4.90 Å². The van der Waals surface area contributed by atoms with Crippen molar-refractivity contribution in [3.05, 3.63) is 11.9 Å². The molecular formula is C11H17N5O3. The maximum Gasteiger partial charge on any atom is 0.325 e. The minimum Gasteiger partial charge on any atom is -0.480 e. The van der Waals surface area contributed by atoms with Crippen molar-refractivity contribution < 1.29 is 14.7 Å². The van der Waals surface area contributed by atoms with Crippen molar-refractivity contribution in [2.45, 2.75) is 38.9 Å². The third-order valence-electron chi connectivity index (χ3n) is 3.12. The van der Waals surface area contributed by atoms with Gasteiger partial charge in [0.05, 0.1) is 12.7 Å². The molecule has 1 aliphatic heterocycles. The van der Waals surface area contributed by atoms with Crippen LogP contribution in [0.5, 0.6) is 0 Å². The molecule has 1 fully saturated rings. The van der Waals surface area contributed by atoms with Gasteiger partial charge in [0.2, 0.25) is 0 Å². The van der Waals surface area contributed by atoms with Crippen molar-refractivity contribution in [3.63, 3.8) is 0 Å². The molecule has 1 aromatic rings. The van der Waals surface area contributed by atoms with Crippen molar-refractivity contribution in [2.24, 2.45) is 0 Å². The summed E-state index contributed by atoms with van der Waals surface area (Å²) in [5.41, 5.74) is 0.543. The topological polar surface area (TPSA) is 100 Å². The van der Waals surface area contributed by atoms with Gasteiger partial charge in [0, 0.05) is 12.6 Å². The quantitative estimate of drug-likeness (QED) is 0.803. The first kappa shape index (κ1) is 13.3. The molecule has 1 aromatic heterocycles. The molecule has 0 bridgehead atoms. The van der Waals surface area contributed by atoms with Crippen LogP contribution in [0.2, 0.25) is 0 Å². The van der Waals surface area contributed by atoms with Gasteiger partial charge in [-0.2, -0.15) is 0 Å². The molecule has 1 aliphatic rings. The second-order valence-corrected chi connectivity index (χ2v) is 4.64. The Hall–Kier alpha value is -2.12. The van der Waals surface area contributed by atoms with Gasteiger partial charge in [-0.15, -0.1) is 5.10 Å². The number of hydrogen-bond donors (Lipinski definition) is 2. The van der Waals surface area contributed by atoms with Crippen LogP contribution in [-0.4, -0.2) is 49.6 Å². The summed E-state index contributed by atoms with van der Waals surface area (Å²) in [5, 5.41) is 18.8. The molecule has 1 saturated heterocycles. The number of hydrogen-bond acceptors (Lipinski definition) is 4. The number of carbonyl (C=O) groups is 2. The average molecular weight is 267 g/mol. The van der Waals surface area contributed by atoms with Crippen LogP contribution in [0.25, 0.3) is 0 Å². The molecule has 104 valence electrons. The summed E-state index contributed by atoms with van der Waals surface area (Å²) in [7, 11) is 0. The number of nitrogens with zero attached hydrogens (tertiary/aromatic N) is 4. The Kier molecular flexibility index (Phi) is 3.98. The van der Waals surface area contributed by atoms with Crippen molar-refractivity contribution >= 4 is 12.0 Å². The zero-order valence-electron chi connectivity index (χ0n) is 10.7. The fraction of sp³-hybridized carbons (Fsp3) is 0.636. The highest BCUT2D eigenvalue weighted by Gasteiger charge is 2.24. The molecule has 2 amide bonds. The summed E-state index contributed by atoms with van der Waals surface area (Å²) in [5.74, 6) is -0.980. The average Bonchev–Trinajstić information content (AvgIpc) is 2.94. The van der Waals surface area contributed by atoms with Gasteiger partial charge in [-0.3, -0.25) is 4.79 Å². The van der Waals surface area contributed by atoms with Crippen LogP contribution < -0.4 is 5.32 Å². The molecule has 2 N–H and O–H groups in total.